The highest BCUT2D eigenvalue weighted by Crippen LogP contribution is 2.21. The molecule has 1 amide bonds. The molecule has 0 bridgehead atoms. The SMILES string of the molecule is CC1C=NN(c2ccc(CC(=O)O)cc2)C1=O. The van der Waals surface area contributed by atoms with Crippen molar-refractivity contribution in [3.63, 3.8) is 0 Å². The van der Waals surface area contributed by atoms with E-state index >= 15 is 0 Å². The van der Waals surface area contributed by atoms with Gasteiger partial charge in [0.25, 0.3) is 5.91 Å². The van der Waals surface area contributed by atoms with Gasteiger partial charge in [-0.05, 0) is 24.6 Å². The van der Waals surface area contributed by atoms with Crippen LogP contribution in [0, 0.1) is 5.92 Å². The predicted octanol–water partition coefficient (Wildman–Crippen LogP) is 1.28. The molecule has 0 aromatic heterocycles. The third-order valence-electron chi connectivity index (χ3n) is 2.54. The monoisotopic (exact) mass is 232 g/mol. The number of carbonyl (C=O) groups excluding carboxylic acids is 1. The number of hydrogen-bond acceptors (Lipinski definition) is 3. The largest absolute Gasteiger partial charge is 0.481 e. The number of carboxylic acid groups (broad SMARTS) is 1. The zero-order valence-electron chi connectivity index (χ0n) is 9.33. The molecule has 1 aliphatic heterocycles. The summed E-state index contributed by atoms with van der Waals surface area (Å²) in [5.74, 6) is -1.15. The summed E-state index contributed by atoms with van der Waals surface area (Å²) < 4.78 is 0. The first-order valence-electron chi connectivity index (χ1n) is 5.27. The Labute approximate surface area is 98.4 Å². The third-order valence-corrected chi connectivity index (χ3v) is 2.54. The van der Waals surface area contributed by atoms with E-state index in [1.165, 1.54) is 5.01 Å². The number of hydrazone groups is 1. The Kier molecular flexibility index (Phi) is 2.91. The maximum atomic E-state index is 11.7. The number of amides is 1. The highest BCUT2D eigenvalue weighted by atomic mass is 16.4. The van der Waals surface area contributed by atoms with Crippen LogP contribution < -0.4 is 5.01 Å². The molecule has 17 heavy (non-hydrogen) atoms. The predicted molar refractivity (Wildman–Crippen MR) is 62.9 cm³/mol. The Balaban J connectivity index is 2.16. The van der Waals surface area contributed by atoms with Gasteiger partial charge < -0.3 is 5.11 Å². The maximum absolute atomic E-state index is 11.7. The van der Waals surface area contributed by atoms with Crippen molar-refractivity contribution in [2.75, 3.05) is 5.01 Å². The number of nitrogens with zero attached hydrogens (tertiary/aromatic N) is 2. The first-order valence-corrected chi connectivity index (χ1v) is 5.27. The summed E-state index contributed by atoms with van der Waals surface area (Å²) in [4.78, 5) is 22.2. The Hall–Kier alpha value is -2.17. The number of carbonyl (C=O) groups is 2. The topological polar surface area (TPSA) is 70.0 Å². The molecule has 1 N–H and O–H groups in total. The van der Waals surface area contributed by atoms with Crippen molar-refractivity contribution < 1.29 is 14.7 Å². The molecule has 0 radical (unpaired) electrons. The van der Waals surface area contributed by atoms with E-state index in [9.17, 15) is 9.59 Å². The third kappa shape index (κ3) is 2.33. The molecule has 1 unspecified atom stereocenters. The van der Waals surface area contributed by atoms with E-state index in [2.05, 4.69) is 5.10 Å². The van der Waals surface area contributed by atoms with E-state index in [-0.39, 0.29) is 18.2 Å². The van der Waals surface area contributed by atoms with Crippen LogP contribution in [0.15, 0.2) is 29.4 Å². The molecule has 0 spiro atoms. The second-order valence-electron chi connectivity index (χ2n) is 3.94. The molecular formula is C12H12N2O3. The fraction of sp³-hybridized carbons (Fsp3) is 0.250. The normalized spacial score (nSPS) is 18.8. The van der Waals surface area contributed by atoms with Crippen LogP contribution in [0.25, 0.3) is 0 Å². The van der Waals surface area contributed by atoms with Gasteiger partial charge in [0.2, 0.25) is 0 Å². The molecule has 5 heteroatoms. The van der Waals surface area contributed by atoms with Gasteiger partial charge in [0.1, 0.15) is 0 Å². The smallest absolute Gasteiger partial charge is 0.307 e. The number of benzene rings is 1. The van der Waals surface area contributed by atoms with Crippen molar-refractivity contribution in [1.82, 2.24) is 0 Å². The molecule has 2 rings (SSSR count). The van der Waals surface area contributed by atoms with Gasteiger partial charge in [-0.2, -0.15) is 5.10 Å². The van der Waals surface area contributed by atoms with Crippen molar-refractivity contribution in [3.8, 4) is 0 Å². The van der Waals surface area contributed by atoms with E-state index in [0.29, 0.717) is 11.3 Å². The van der Waals surface area contributed by atoms with Crippen LogP contribution in [-0.4, -0.2) is 23.2 Å². The second-order valence-corrected chi connectivity index (χ2v) is 3.94. The van der Waals surface area contributed by atoms with Crippen LogP contribution in [0.4, 0.5) is 5.69 Å². The lowest BCUT2D eigenvalue weighted by atomic mass is 10.1. The zero-order valence-corrected chi connectivity index (χ0v) is 9.33. The van der Waals surface area contributed by atoms with Gasteiger partial charge in [-0.25, -0.2) is 5.01 Å². The van der Waals surface area contributed by atoms with Crippen molar-refractivity contribution >= 4 is 23.8 Å². The van der Waals surface area contributed by atoms with Crippen LogP contribution in [0.2, 0.25) is 0 Å². The quantitative estimate of drug-likeness (QED) is 0.853. The minimum Gasteiger partial charge on any atom is -0.481 e. The second kappa shape index (κ2) is 4.37. The van der Waals surface area contributed by atoms with E-state index in [1.807, 2.05) is 0 Å². The van der Waals surface area contributed by atoms with Crippen LogP contribution in [-0.2, 0) is 16.0 Å². The molecule has 5 nitrogen and oxygen atoms in total. The molecule has 0 saturated carbocycles. The van der Waals surface area contributed by atoms with Crippen LogP contribution in [0.5, 0.6) is 0 Å². The van der Waals surface area contributed by atoms with Crippen molar-refractivity contribution in [2.45, 2.75) is 13.3 Å². The van der Waals surface area contributed by atoms with Gasteiger partial charge in [0, 0.05) is 6.21 Å². The van der Waals surface area contributed by atoms with Crippen LogP contribution in [0.3, 0.4) is 0 Å². The average molecular weight is 232 g/mol. The van der Waals surface area contributed by atoms with Crippen molar-refractivity contribution in [1.29, 1.82) is 0 Å². The fourth-order valence-electron chi connectivity index (χ4n) is 1.60. The summed E-state index contributed by atoms with van der Waals surface area (Å²) >= 11 is 0. The van der Waals surface area contributed by atoms with Gasteiger partial charge in [0.15, 0.2) is 0 Å². The molecular weight excluding hydrogens is 220 g/mol. The summed E-state index contributed by atoms with van der Waals surface area (Å²) in [6.07, 6.45) is 1.57. The molecule has 1 aromatic rings. The summed E-state index contributed by atoms with van der Waals surface area (Å²) in [5, 5.41) is 14.0. The zero-order chi connectivity index (χ0) is 12.4. The Morgan fingerprint density at radius 3 is 2.53 bits per heavy atom. The Bertz CT molecular complexity index is 479. The van der Waals surface area contributed by atoms with Crippen LogP contribution >= 0.6 is 0 Å². The molecule has 1 atom stereocenters. The number of anilines is 1. The highest BCUT2D eigenvalue weighted by Gasteiger charge is 2.25. The molecule has 0 fully saturated rings. The standard InChI is InChI=1S/C12H12N2O3/c1-8-7-13-14(12(8)17)10-4-2-9(3-5-10)6-11(15)16/h2-5,7-8H,6H2,1H3,(H,15,16). The van der Waals surface area contributed by atoms with Crippen molar-refractivity contribution in [2.24, 2.45) is 11.0 Å². The lowest BCUT2D eigenvalue weighted by Gasteiger charge is -2.13. The number of carboxylic acids is 1. The lowest BCUT2D eigenvalue weighted by molar-refractivity contribution is -0.136. The van der Waals surface area contributed by atoms with Gasteiger partial charge >= 0.3 is 5.97 Å². The molecule has 88 valence electrons. The number of aliphatic carboxylic acids is 1. The maximum Gasteiger partial charge on any atom is 0.307 e. The van der Waals surface area contributed by atoms with Crippen molar-refractivity contribution in [3.05, 3.63) is 29.8 Å². The van der Waals surface area contributed by atoms with E-state index in [1.54, 1.807) is 37.4 Å². The minimum absolute atomic E-state index is 0.0199. The number of hydrogen-bond donors (Lipinski definition) is 1. The lowest BCUT2D eigenvalue weighted by Crippen LogP contribution is -2.24. The summed E-state index contributed by atoms with van der Waals surface area (Å²) in [5.41, 5.74) is 1.36. The minimum atomic E-state index is -0.873. The van der Waals surface area contributed by atoms with E-state index < -0.39 is 5.97 Å². The van der Waals surface area contributed by atoms with E-state index in [4.69, 9.17) is 5.11 Å². The average Bonchev–Trinajstić information content (AvgIpc) is 2.60. The summed E-state index contributed by atoms with van der Waals surface area (Å²) in [6, 6.07) is 6.78. The van der Waals surface area contributed by atoms with E-state index in [0.717, 1.165) is 0 Å². The van der Waals surface area contributed by atoms with Gasteiger partial charge in [0.05, 0.1) is 18.0 Å². The van der Waals surface area contributed by atoms with Gasteiger partial charge in [-0.3, -0.25) is 9.59 Å². The molecule has 1 aliphatic rings. The fourth-order valence-corrected chi connectivity index (χ4v) is 1.60. The number of rotatable bonds is 3. The molecule has 1 heterocycles. The molecule has 0 saturated heterocycles. The summed E-state index contributed by atoms with van der Waals surface area (Å²) in [7, 11) is 0. The first-order chi connectivity index (χ1) is 8.08. The van der Waals surface area contributed by atoms with Gasteiger partial charge in [-0.1, -0.05) is 12.1 Å². The Morgan fingerprint density at radius 2 is 2.06 bits per heavy atom. The molecule has 1 aromatic carbocycles. The molecule has 0 aliphatic carbocycles. The highest BCUT2D eigenvalue weighted by molar-refractivity contribution is 6.07. The first kappa shape index (κ1) is 11.3. The summed E-state index contributed by atoms with van der Waals surface area (Å²) in [6.45, 7) is 1.78. The van der Waals surface area contributed by atoms with Crippen LogP contribution in [0.1, 0.15) is 12.5 Å². The Morgan fingerprint density at radius 1 is 1.41 bits per heavy atom. The van der Waals surface area contributed by atoms with Gasteiger partial charge in [-0.15, -0.1) is 0 Å².